The molecule has 0 saturated heterocycles. The minimum Gasteiger partial charge on any atom is -0.496 e. The zero-order chi connectivity index (χ0) is 25.7. The number of amides is 1. The predicted molar refractivity (Wildman–Crippen MR) is 145 cm³/mol. The first-order chi connectivity index (χ1) is 17.4. The molecule has 0 fully saturated rings. The fourth-order valence-corrected chi connectivity index (χ4v) is 5.02. The van der Waals surface area contributed by atoms with Gasteiger partial charge in [-0.1, -0.05) is 42.5 Å². The van der Waals surface area contributed by atoms with Crippen LogP contribution in [0.3, 0.4) is 0 Å². The Labute approximate surface area is 223 Å². The first kappa shape index (κ1) is 25.3. The van der Waals surface area contributed by atoms with E-state index in [0.29, 0.717) is 26.9 Å². The molecule has 0 spiro atoms. The third-order valence-corrected chi connectivity index (χ3v) is 6.47. The van der Waals surface area contributed by atoms with E-state index in [-0.39, 0.29) is 17.0 Å². The van der Waals surface area contributed by atoms with E-state index < -0.39 is 10.8 Å². The number of rotatable bonds is 8. The molecule has 1 amide bonds. The molecule has 0 aliphatic carbocycles. The number of carbonyl (C=O) groups excluding carboxylic acids is 1. The summed E-state index contributed by atoms with van der Waals surface area (Å²) < 4.78 is 12.6. The largest absolute Gasteiger partial charge is 0.496 e. The Hall–Kier alpha value is -3.76. The summed E-state index contributed by atoms with van der Waals surface area (Å²) in [5.41, 5.74) is 3.89. The van der Waals surface area contributed by atoms with Crippen molar-refractivity contribution in [2.45, 2.75) is 6.61 Å². The zero-order valence-corrected chi connectivity index (χ0v) is 22.1. The number of fused-ring (bicyclic) bond motifs is 1. The third-order valence-electron chi connectivity index (χ3n) is 5.29. The van der Waals surface area contributed by atoms with Crippen LogP contribution in [0.2, 0.25) is 0 Å². The molecule has 0 aromatic heterocycles. The minimum atomic E-state index is -0.639. The van der Waals surface area contributed by atoms with Gasteiger partial charge in [-0.3, -0.25) is 14.9 Å². The number of hydrogen-bond acceptors (Lipinski definition) is 6. The molecule has 0 saturated carbocycles. The second-order valence-corrected chi connectivity index (χ2v) is 9.29. The van der Waals surface area contributed by atoms with Crippen molar-refractivity contribution >= 4 is 60.4 Å². The molecule has 182 valence electrons. The minimum absolute atomic E-state index is 0.00314. The van der Waals surface area contributed by atoms with Crippen molar-refractivity contribution in [1.82, 2.24) is 5.43 Å². The molecule has 0 bridgehead atoms. The van der Waals surface area contributed by atoms with Crippen LogP contribution in [0.25, 0.3) is 10.8 Å². The summed E-state index contributed by atoms with van der Waals surface area (Å²) in [5, 5.41) is 17.3. The number of nitrogens with zero attached hydrogens (tertiary/aromatic N) is 2. The number of hydrazone groups is 1. The number of methoxy groups -OCH3 is 1. The summed E-state index contributed by atoms with van der Waals surface area (Å²) in [6, 6.07) is 21.6. The van der Waals surface area contributed by atoms with Gasteiger partial charge in [0.25, 0.3) is 11.6 Å². The molecule has 4 aromatic carbocycles. The number of nitro groups is 1. The molecule has 0 heterocycles. The van der Waals surface area contributed by atoms with E-state index in [1.165, 1.54) is 25.5 Å². The molecular weight excluding hydrogens is 594 g/mol. The van der Waals surface area contributed by atoms with Crippen molar-refractivity contribution in [3.63, 3.8) is 0 Å². The number of non-ortho nitro benzene ring substituents is 1. The summed E-state index contributed by atoms with van der Waals surface area (Å²) in [7, 11) is 1.38. The summed E-state index contributed by atoms with van der Waals surface area (Å²) in [6.45, 7) is 0.382. The lowest BCUT2D eigenvalue weighted by Gasteiger charge is -2.13. The van der Waals surface area contributed by atoms with Crippen molar-refractivity contribution in [1.29, 1.82) is 0 Å². The van der Waals surface area contributed by atoms with Gasteiger partial charge in [-0.2, -0.15) is 5.10 Å². The molecule has 4 aromatic rings. The standard InChI is InChI=1S/C26H19Br2N3O5/c1-35-24-10-9-19(31(33)34)13-21(24)26(32)30-29-14-16-11-22(27)25(23(28)12-16)36-15-18-7-4-6-17-5-2-3-8-20(17)18/h2-14H,15H2,1H3,(H,30,32)/b29-14-. The van der Waals surface area contributed by atoms with Crippen LogP contribution < -0.4 is 14.9 Å². The van der Waals surface area contributed by atoms with Gasteiger partial charge >= 0.3 is 0 Å². The first-order valence-electron chi connectivity index (χ1n) is 10.6. The number of halogens is 2. The van der Waals surface area contributed by atoms with Crippen LogP contribution in [0.15, 0.2) is 86.8 Å². The smallest absolute Gasteiger partial charge is 0.275 e. The second kappa shape index (κ2) is 11.3. The second-order valence-electron chi connectivity index (χ2n) is 7.58. The summed E-state index contributed by atoms with van der Waals surface area (Å²) in [5.74, 6) is 0.192. The van der Waals surface area contributed by atoms with Crippen LogP contribution in [0.1, 0.15) is 21.5 Å². The van der Waals surface area contributed by atoms with Crippen molar-refractivity contribution in [2.24, 2.45) is 5.10 Å². The van der Waals surface area contributed by atoms with Crippen LogP contribution >= 0.6 is 31.9 Å². The third kappa shape index (κ3) is 5.72. The van der Waals surface area contributed by atoms with E-state index in [0.717, 1.165) is 22.4 Å². The van der Waals surface area contributed by atoms with Gasteiger partial charge in [-0.05, 0) is 72.0 Å². The Morgan fingerprint density at radius 1 is 1.06 bits per heavy atom. The van der Waals surface area contributed by atoms with E-state index in [1.54, 1.807) is 12.1 Å². The van der Waals surface area contributed by atoms with Gasteiger partial charge in [-0.25, -0.2) is 5.43 Å². The van der Waals surface area contributed by atoms with Crippen molar-refractivity contribution in [3.05, 3.63) is 109 Å². The normalized spacial score (nSPS) is 11.0. The molecule has 0 aliphatic heterocycles. The van der Waals surface area contributed by atoms with Crippen LogP contribution in [0, 0.1) is 10.1 Å². The molecule has 0 aliphatic rings. The van der Waals surface area contributed by atoms with Crippen molar-refractivity contribution < 1.29 is 19.2 Å². The predicted octanol–water partition coefficient (Wildman–Crippen LogP) is 6.62. The van der Waals surface area contributed by atoms with E-state index in [1.807, 2.05) is 24.3 Å². The Morgan fingerprint density at radius 3 is 2.50 bits per heavy atom. The lowest BCUT2D eigenvalue weighted by Crippen LogP contribution is -2.18. The highest BCUT2D eigenvalue weighted by Crippen LogP contribution is 2.35. The van der Waals surface area contributed by atoms with E-state index in [9.17, 15) is 14.9 Å². The topological polar surface area (TPSA) is 103 Å². The number of carbonyl (C=O) groups is 1. The zero-order valence-electron chi connectivity index (χ0n) is 18.9. The maximum atomic E-state index is 12.5. The SMILES string of the molecule is COc1ccc([N+](=O)[O-])cc1C(=O)N/N=C\c1cc(Br)c(OCc2cccc3ccccc23)c(Br)c1. The first-order valence-corrected chi connectivity index (χ1v) is 12.2. The molecule has 36 heavy (non-hydrogen) atoms. The van der Waals surface area contributed by atoms with Crippen LogP contribution in [0.5, 0.6) is 11.5 Å². The lowest BCUT2D eigenvalue weighted by molar-refractivity contribution is -0.384. The van der Waals surface area contributed by atoms with E-state index >= 15 is 0 Å². The van der Waals surface area contributed by atoms with Crippen LogP contribution in [-0.4, -0.2) is 24.2 Å². The lowest BCUT2D eigenvalue weighted by atomic mass is 10.1. The van der Waals surface area contributed by atoms with Gasteiger partial charge in [0.1, 0.15) is 18.1 Å². The molecule has 1 N–H and O–H groups in total. The van der Waals surface area contributed by atoms with E-state index in [2.05, 4.69) is 60.6 Å². The maximum absolute atomic E-state index is 12.5. The Morgan fingerprint density at radius 2 is 1.78 bits per heavy atom. The number of nitrogens with one attached hydrogen (secondary N) is 1. The number of hydrogen-bond donors (Lipinski definition) is 1. The van der Waals surface area contributed by atoms with Gasteiger partial charge in [0.2, 0.25) is 0 Å². The molecule has 10 heteroatoms. The van der Waals surface area contributed by atoms with Gasteiger partial charge in [-0.15, -0.1) is 0 Å². The quantitative estimate of drug-likeness (QED) is 0.137. The molecule has 0 unspecified atom stereocenters. The highest BCUT2D eigenvalue weighted by atomic mass is 79.9. The number of nitro benzene ring substituents is 1. The molecular formula is C26H19Br2N3O5. The summed E-state index contributed by atoms with van der Waals surface area (Å²) >= 11 is 7.07. The molecule has 0 atom stereocenters. The van der Waals surface area contributed by atoms with Gasteiger partial charge in [0.05, 0.1) is 32.8 Å². The fourth-order valence-electron chi connectivity index (χ4n) is 3.57. The maximum Gasteiger partial charge on any atom is 0.275 e. The summed E-state index contributed by atoms with van der Waals surface area (Å²) in [4.78, 5) is 23.0. The Kier molecular flexibility index (Phi) is 7.97. The average Bonchev–Trinajstić information content (AvgIpc) is 2.87. The molecule has 8 nitrogen and oxygen atoms in total. The van der Waals surface area contributed by atoms with Crippen molar-refractivity contribution in [2.75, 3.05) is 7.11 Å². The van der Waals surface area contributed by atoms with Gasteiger partial charge < -0.3 is 9.47 Å². The van der Waals surface area contributed by atoms with E-state index in [4.69, 9.17) is 9.47 Å². The highest BCUT2D eigenvalue weighted by Gasteiger charge is 2.17. The van der Waals surface area contributed by atoms with Crippen LogP contribution in [0.4, 0.5) is 5.69 Å². The van der Waals surface area contributed by atoms with Crippen LogP contribution in [-0.2, 0) is 6.61 Å². The Balaban J connectivity index is 1.46. The fraction of sp³-hybridized carbons (Fsp3) is 0.0769. The highest BCUT2D eigenvalue weighted by molar-refractivity contribution is 9.11. The average molecular weight is 613 g/mol. The summed E-state index contributed by atoms with van der Waals surface area (Å²) in [6.07, 6.45) is 1.45. The number of ether oxygens (including phenoxy) is 2. The molecule has 0 radical (unpaired) electrons. The van der Waals surface area contributed by atoms with Gasteiger partial charge in [0.15, 0.2) is 0 Å². The number of benzene rings is 4. The monoisotopic (exact) mass is 611 g/mol. The Bertz CT molecular complexity index is 1460. The van der Waals surface area contributed by atoms with Gasteiger partial charge in [0, 0.05) is 12.1 Å². The molecule has 4 rings (SSSR count). The van der Waals surface area contributed by atoms with Crippen molar-refractivity contribution in [3.8, 4) is 11.5 Å².